The molecule has 6 nitrogen and oxygen atoms in total. The van der Waals surface area contributed by atoms with E-state index in [2.05, 4.69) is 26.2 Å². The molecule has 1 heterocycles. The van der Waals surface area contributed by atoms with Gasteiger partial charge in [-0.1, -0.05) is 11.6 Å². The summed E-state index contributed by atoms with van der Waals surface area (Å²) < 4.78 is 13.3. The first-order valence-electron chi connectivity index (χ1n) is 5.18. The number of anilines is 1. The lowest BCUT2D eigenvalue weighted by Gasteiger charge is -2.07. The molecule has 0 unspecified atom stereocenters. The van der Waals surface area contributed by atoms with Crippen LogP contribution in [-0.2, 0) is 0 Å². The number of benzene rings is 1. The summed E-state index contributed by atoms with van der Waals surface area (Å²) in [5, 5.41) is 13.0. The number of rotatable bonds is 3. The zero-order chi connectivity index (χ0) is 14.9. The molecular weight excluding hydrogens is 356 g/mol. The molecule has 0 aliphatic heterocycles. The Morgan fingerprint density at radius 3 is 2.70 bits per heavy atom. The maximum absolute atomic E-state index is 13.1. The lowest BCUT2D eigenvalue weighted by molar-refractivity contribution is -0.389. The number of nitro groups is 1. The van der Waals surface area contributed by atoms with E-state index in [4.69, 9.17) is 11.6 Å². The van der Waals surface area contributed by atoms with Crippen molar-refractivity contribution in [1.82, 2.24) is 4.98 Å². The van der Waals surface area contributed by atoms with Crippen LogP contribution in [0.1, 0.15) is 10.5 Å². The molecule has 0 saturated carbocycles. The molecule has 2 rings (SSSR count). The zero-order valence-electron chi connectivity index (χ0n) is 9.62. The van der Waals surface area contributed by atoms with Crippen molar-refractivity contribution in [3.63, 3.8) is 0 Å². The Balaban J connectivity index is 2.25. The summed E-state index contributed by atoms with van der Waals surface area (Å²) in [6.45, 7) is 0. The first-order chi connectivity index (χ1) is 9.38. The number of hydrogen-bond donors (Lipinski definition) is 2. The highest BCUT2D eigenvalue weighted by atomic mass is 79.9. The van der Waals surface area contributed by atoms with Crippen molar-refractivity contribution in [3.05, 3.63) is 55.4 Å². The smallest absolute Gasteiger partial charge is 0.321 e. The molecule has 0 aliphatic rings. The van der Waals surface area contributed by atoms with Crippen molar-refractivity contribution >= 4 is 44.9 Å². The van der Waals surface area contributed by atoms with Crippen molar-refractivity contribution in [2.45, 2.75) is 0 Å². The van der Waals surface area contributed by atoms with E-state index in [0.717, 1.165) is 18.2 Å². The van der Waals surface area contributed by atoms with Crippen LogP contribution in [-0.4, -0.2) is 15.8 Å². The van der Waals surface area contributed by atoms with Gasteiger partial charge in [0.15, 0.2) is 5.69 Å². The minimum absolute atomic E-state index is 0.00582. The number of nitrogens with one attached hydrogen (secondary N) is 2. The molecule has 0 atom stereocenters. The van der Waals surface area contributed by atoms with Crippen LogP contribution in [0.2, 0.25) is 5.02 Å². The van der Waals surface area contributed by atoms with E-state index in [1.807, 2.05) is 0 Å². The highest BCUT2D eigenvalue weighted by Gasteiger charge is 2.18. The summed E-state index contributed by atoms with van der Waals surface area (Å²) in [5.74, 6) is -1.50. The molecule has 0 spiro atoms. The van der Waals surface area contributed by atoms with Gasteiger partial charge in [0.2, 0.25) is 0 Å². The van der Waals surface area contributed by atoms with Crippen LogP contribution < -0.4 is 5.32 Å². The second-order valence-electron chi connectivity index (χ2n) is 3.71. The van der Waals surface area contributed by atoms with Gasteiger partial charge < -0.3 is 15.4 Å². The fraction of sp³-hybridized carbons (Fsp3) is 0. The van der Waals surface area contributed by atoms with E-state index < -0.39 is 16.6 Å². The van der Waals surface area contributed by atoms with Gasteiger partial charge in [-0.3, -0.25) is 4.79 Å². The first kappa shape index (κ1) is 14.5. The van der Waals surface area contributed by atoms with Crippen LogP contribution >= 0.6 is 27.5 Å². The lowest BCUT2D eigenvalue weighted by Crippen LogP contribution is -2.13. The fourth-order valence-electron chi connectivity index (χ4n) is 1.47. The molecule has 1 aromatic heterocycles. The van der Waals surface area contributed by atoms with E-state index in [-0.39, 0.29) is 26.7 Å². The predicted molar refractivity (Wildman–Crippen MR) is 74.5 cm³/mol. The van der Waals surface area contributed by atoms with Crippen LogP contribution in [0.15, 0.2) is 28.7 Å². The Labute approximate surface area is 125 Å². The van der Waals surface area contributed by atoms with Gasteiger partial charge in [-0.05, 0) is 39.1 Å². The number of halogens is 3. The molecule has 1 amide bonds. The van der Waals surface area contributed by atoms with Crippen molar-refractivity contribution in [1.29, 1.82) is 0 Å². The molecule has 0 bridgehead atoms. The molecule has 0 radical (unpaired) electrons. The molecule has 1 aromatic carbocycles. The summed E-state index contributed by atoms with van der Waals surface area (Å²) in [5.41, 5.74) is 0.166. The summed E-state index contributed by atoms with van der Waals surface area (Å²) in [6, 6.07) is 4.60. The second-order valence-corrected chi connectivity index (χ2v) is 4.97. The average molecular weight is 363 g/mol. The molecule has 0 aliphatic carbocycles. The van der Waals surface area contributed by atoms with Gasteiger partial charge in [-0.2, -0.15) is 0 Å². The average Bonchev–Trinajstić information content (AvgIpc) is 2.83. The number of H-pyrrole nitrogens is 1. The van der Waals surface area contributed by atoms with Crippen molar-refractivity contribution in [2.75, 3.05) is 5.32 Å². The third kappa shape index (κ3) is 2.97. The maximum atomic E-state index is 13.1. The highest BCUT2D eigenvalue weighted by Crippen LogP contribution is 2.32. The fourth-order valence-corrected chi connectivity index (χ4v) is 2.36. The standard InChI is InChI=1S/C11H6BrClFN3O3/c12-6-3-5(14)4-7(13)10(6)16-11(18)8-1-2-9(15-8)17(19)20/h1-4,15H,(H,16,18). The van der Waals surface area contributed by atoms with E-state index >= 15 is 0 Å². The van der Waals surface area contributed by atoms with Crippen LogP contribution in [0.5, 0.6) is 0 Å². The molecule has 0 saturated heterocycles. The predicted octanol–water partition coefficient (Wildman–Crippen LogP) is 3.73. The van der Waals surface area contributed by atoms with Crippen molar-refractivity contribution in [3.8, 4) is 0 Å². The summed E-state index contributed by atoms with van der Waals surface area (Å²) in [7, 11) is 0. The van der Waals surface area contributed by atoms with Gasteiger partial charge in [0.05, 0.1) is 10.7 Å². The third-order valence-corrected chi connectivity index (χ3v) is 3.28. The van der Waals surface area contributed by atoms with Gasteiger partial charge in [0.1, 0.15) is 5.82 Å². The highest BCUT2D eigenvalue weighted by molar-refractivity contribution is 9.10. The van der Waals surface area contributed by atoms with Crippen molar-refractivity contribution < 1.29 is 14.1 Å². The Kier molecular flexibility index (Phi) is 4.05. The van der Waals surface area contributed by atoms with E-state index in [1.165, 1.54) is 6.07 Å². The summed E-state index contributed by atoms with van der Waals surface area (Å²) in [6.07, 6.45) is 0. The number of nitrogens with zero attached hydrogens (tertiary/aromatic N) is 1. The zero-order valence-corrected chi connectivity index (χ0v) is 12.0. The van der Waals surface area contributed by atoms with Crippen LogP contribution in [0, 0.1) is 15.9 Å². The topological polar surface area (TPSA) is 88.0 Å². The molecule has 20 heavy (non-hydrogen) atoms. The number of aromatic amines is 1. The van der Waals surface area contributed by atoms with Gasteiger partial charge in [-0.15, -0.1) is 0 Å². The Morgan fingerprint density at radius 2 is 2.15 bits per heavy atom. The third-order valence-electron chi connectivity index (χ3n) is 2.36. The molecule has 2 N–H and O–H groups in total. The van der Waals surface area contributed by atoms with Crippen molar-refractivity contribution in [2.24, 2.45) is 0 Å². The van der Waals surface area contributed by atoms with Crippen LogP contribution in [0.4, 0.5) is 15.9 Å². The number of amides is 1. The van der Waals surface area contributed by atoms with Gasteiger partial charge >= 0.3 is 5.82 Å². The summed E-state index contributed by atoms with van der Waals surface area (Å²) >= 11 is 8.89. The maximum Gasteiger partial charge on any atom is 0.321 e. The van der Waals surface area contributed by atoms with E-state index in [9.17, 15) is 19.3 Å². The van der Waals surface area contributed by atoms with Crippen LogP contribution in [0.25, 0.3) is 0 Å². The van der Waals surface area contributed by atoms with E-state index in [0.29, 0.717) is 0 Å². The van der Waals surface area contributed by atoms with Crippen LogP contribution in [0.3, 0.4) is 0 Å². The molecular formula is C11H6BrClFN3O3. The minimum Gasteiger partial charge on any atom is -0.358 e. The number of carbonyl (C=O) groups excluding carboxylic acids is 1. The normalized spacial score (nSPS) is 10.3. The largest absolute Gasteiger partial charge is 0.358 e. The molecule has 104 valence electrons. The minimum atomic E-state index is -0.655. The molecule has 9 heteroatoms. The Morgan fingerprint density at radius 1 is 1.45 bits per heavy atom. The van der Waals surface area contributed by atoms with Gasteiger partial charge in [0, 0.05) is 10.5 Å². The summed E-state index contributed by atoms with van der Waals surface area (Å²) in [4.78, 5) is 24.1. The SMILES string of the molecule is O=C(Nc1c(Cl)cc(F)cc1Br)c1ccc([N+](=O)[O-])[nH]1. The number of hydrogen-bond acceptors (Lipinski definition) is 3. The monoisotopic (exact) mass is 361 g/mol. The number of carbonyl (C=O) groups is 1. The Bertz CT molecular complexity index is 681. The van der Waals surface area contributed by atoms with Gasteiger partial charge in [-0.25, -0.2) is 9.37 Å². The number of aromatic nitrogens is 1. The lowest BCUT2D eigenvalue weighted by atomic mass is 10.3. The Hall–Kier alpha value is -1.93. The molecule has 2 aromatic rings. The quantitative estimate of drug-likeness (QED) is 0.644. The first-order valence-corrected chi connectivity index (χ1v) is 6.35. The second kappa shape index (κ2) is 5.59. The van der Waals surface area contributed by atoms with Gasteiger partial charge in [0.25, 0.3) is 5.91 Å². The molecule has 0 fully saturated rings. The van der Waals surface area contributed by atoms with E-state index in [1.54, 1.807) is 0 Å².